The SMILES string of the molecule is CC(=O)N1CCN([C@@H]2CN(C(=O)c3ccn(C)n3)C[C@H]2O)CC1. The molecule has 2 amide bonds. The molecule has 3 rings (SSSR count). The molecule has 8 nitrogen and oxygen atoms in total. The molecule has 1 aromatic heterocycles. The summed E-state index contributed by atoms with van der Waals surface area (Å²) >= 11 is 0. The van der Waals surface area contributed by atoms with Crippen LogP contribution in [-0.4, -0.2) is 92.8 Å². The smallest absolute Gasteiger partial charge is 0.274 e. The zero-order valence-corrected chi connectivity index (χ0v) is 13.6. The van der Waals surface area contributed by atoms with Gasteiger partial charge in [-0.2, -0.15) is 5.10 Å². The number of piperazine rings is 1. The van der Waals surface area contributed by atoms with Crippen molar-refractivity contribution in [1.29, 1.82) is 0 Å². The fourth-order valence-electron chi connectivity index (χ4n) is 3.35. The summed E-state index contributed by atoms with van der Waals surface area (Å²) in [6, 6.07) is 1.62. The Hall–Kier alpha value is -1.93. The van der Waals surface area contributed by atoms with Crippen LogP contribution in [0.5, 0.6) is 0 Å². The second kappa shape index (κ2) is 6.29. The first-order valence-electron chi connectivity index (χ1n) is 7.92. The van der Waals surface area contributed by atoms with E-state index < -0.39 is 6.10 Å². The van der Waals surface area contributed by atoms with E-state index in [1.807, 2.05) is 4.90 Å². The van der Waals surface area contributed by atoms with Crippen molar-refractivity contribution in [2.75, 3.05) is 39.3 Å². The van der Waals surface area contributed by atoms with Crippen molar-refractivity contribution in [2.24, 2.45) is 7.05 Å². The van der Waals surface area contributed by atoms with Crippen molar-refractivity contribution in [1.82, 2.24) is 24.5 Å². The fourth-order valence-corrected chi connectivity index (χ4v) is 3.35. The van der Waals surface area contributed by atoms with E-state index in [4.69, 9.17) is 0 Å². The highest BCUT2D eigenvalue weighted by Crippen LogP contribution is 2.20. The van der Waals surface area contributed by atoms with Crippen molar-refractivity contribution in [3.8, 4) is 0 Å². The Kier molecular flexibility index (Phi) is 4.36. The van der Waals surface area contributed by atoms with Gasteiger partial charge in [0.1, 0.15) is 5.69 Å². The Bertz CT molecular complexity index is 594. The van der Waals surface area contributed by atoms with Crippen molar-refractivity contribution in [3.05, 3.63) is 18.0 Å². The predicted molar refractivity (Wildman–Crippen MR) is 82.7 cm³/mol. The molecule has 0 radical (unpaired) electrons. The van der Waals surface area contributed by atoms with Crippen LogP contribution in [0, 0.1) is 0 Å². The third-order valence-corrected chi connectivity index (χ3v) is 4.71. The molecule has 0 bridgehead atoms. The van der Waals surface area contributed by atoms with E-state index >= 15 is 0 Å². The fraction of sp³-hybridized carbons (Fsp3) is 0.667. The lowest BCUT2D eigenvalue weighted by Gasteiger charge is -2.38. The monoisotopic (exact) mass is 321 g/mol. The molecule has 0 unspecified atom stereocenters. The molecule has 2 saturated heterocycles. The number of aliphatic hydroxyl groups excluding tert-OH is 1. The number of hydrogen-bond acceptors (Lipinski definition) is 5. The van der Waals surface area contributed by atoms with Crippen molar-refractivity contribution in [3.63, 3.8) is 0 Å². The number of aryl methyl sites for hydroxylation is 1. The van der Waals surface area contributed by atoms with Gasteiger partial charge in [0.2, 0.25) is 5.91 Å². The van der Waals surface area contributed by atoms with Gasteiger partial charge in [-0.3, -0.25) is 19.2 Å². The van der Waals surface area contributed by atoms with Crippen molar-refractivity contribution >= 4 is 11.8 Å². The highest BCUT2D eigenvalue weighted by molar-refractivity contribution is 5.92. The predicted octanol–water partition coefficient (Wildman–Crippen LogP) is -1.23. The third-order valence-electron chi connectivity index (χ3n) is 4.71. The number of aromatic nitrogens is 2. The van der Waals surface area contributed by atoms with E-state index in [-0.39, 0.29) is 17.9 Å². The van der Waals surface area contributed by atoms with E-state index in [1.54, 1.807) is 35.8 Å². The molecular weight excluding hydrogens is 298 g/mol. The molecule has 2 aliphatic heterocycles. The Morgan fingerprint density at radius 1 is 1.17 bits per heavy atom. The minimum Gasteiger partial charge on any atom is -0.390 e. The maximum absolute atomic E-state index is 12.4. The van der Waals surface area contributed by atoms with E-state index in [0.29, 0.717) is 31.9 Å². The van der Waals surface area contributed by atoms with E-state index in [1.165, 1.54) is 0 Å². The molecule has 8 heteroatoms. The van der Waals surface area contributed by atoms with Gasteiger partial charge in [0.05, 0.1) is 12.1 Å². The minimum atomic E-state index is -0.563. The van der Waals surface area contributed by atoms with Crippen LogP contribution in [0.25, 0.3) is 0 Å². The van der Waals surface area contributed by atoms with E-state index in [9.17, 15) is 14.7 Å². The van der Waals surface area contributed by atoms with Crippen LogP contribution in [0.15, 0.2) is 12.3 Å². The standard InChI is InChI=1S/C15H23N5O3/c1-11(21)18-5-7-19(8-6-18)13-9-20(10-14(13)22)15(23)12-3-4-17(2)16-12/h3-4,13-14,22H,5-10H2,1-2H3/t13-,14-/m1/s1. The second-order valence-corrected chi connectivity index (χ2v) is 6.26. The lowest BCUT2D eigenvalue weighted by atomic mass is 10.1. The van der Waals surface area contributed by atoms with Crippen LogP contribution in [0.4, 0.5) is 0 Å². The molecule has 1 N–H and O–H groups in total. The number of aliphatic hydroxyl groups is 1. The minimum absolute atomic E-state index is 0.0724. The molecule has 3 heterocycles. The van der Waals surface area contributed by atoms with Gasteiger partial charge in [0, 0.05) is 59.4 Å². The average Bonchev–Trinajstić information content (AvgIpc) is 3.13. The molecular formula is C15H23N5O3. The lowest BCUT2D eigenvalue weighted by molar-refractivity contribution is -0.131. The molecule has 0 aromatic carbocycles. The van der Waals surface area contributed by atoms with Crippen LogP contribution in [-0.2, 0) is 11.8 Å². The summed E-state index contributed by atoms with van der Waals surface area (Å²) in [5.41, 5.74) is 0.404. The summed E-state index contributed by atoms with van der Waals surface area (Å²) in [6.45, 7) is 5.20. The second-order valence-electron chi connectivity index (χ2n) is 6.26. The number of nitrogens with zero attached hydrogens (tertiary/aromatic N) is 5. The van der Waals surface area contributed by atoms with Crippen LogP contribution in [0.1, 0.15) is 17.4 Å². The molecule has 2 atom stereocenters. The number of carbonyl (C=O) groups excluding carboxylic acids is 2. The van der Waals surface area contributed by atoms with Gasteiger partial charge < -0.3 is 14.9 Å². The normalized spacial score (nSPS) is 25.9. The zero-order chi connectivity index (χ0) is 16.6. The third kappa shape index (κ3) is 3.23. The van der Waals surface area contributed by atoms with Crippen LogP contribution < -0.4 is 0 Å². The summed E-state index contributed by atoms with van der Waals surface area (Å²) in [7, 11) is 1.77. The number of hydrogen-bond donors (Lipinski definition) is 1. The first kappa shape index (κ1) is 15.9. The van der Waals surface area contributed by atoms with Crippen LogP contribution in [0.2, 0.25) is 0 Å². The molecule has 2 fully saturated rings. The Morgan fingerprint density at radius 3 is 2.43 bits per heavy atom. The van der Waals surface area contributed by atoms with Crippen LogP contribution in [0.3, 0.4) is 0 Å². The van der Waals surface area contributed by atoms with Gasteiger partial charge in [0.25, 0.3) is 5.91 Å². The molecule has 1 aromatic rings. The van der Waals surface area contributed by atoms with Crippen molar-refractivity contribution < 1.29 is 14.7 Å². The zero-order valence-electron chi connectivity index (χ0n) is 13.6. The molecule has 23 heavy (non-hydrogen) atoms. The summed E-state index contributed by atoms with van der Waals surface area (Å²) in [5, 5.41) is 14.5. The topological polar surface area (TPSA) is 81.9 Å². The largest absolute Gasteiger partial charge is 0.390 e. The van der Waals surface area contributed by atoms with E-state index in [0.717, 1.165) is 13.1 Å². The number of likely N-dealkylation sites (tertiary alicyclic amines) is 1. The quantitative estimate of drug-likeness (QED) is 0.738. The molecule has 0 aliphatic carbocycles. The summed E-state index contributed by atoms with van der Waals surface area (Å²) in [6.07, 6.45) is 1.17. The lowest BCUT2D eigenvalue weighted by Crippen LogP contribution is -2.54. The first-order valence-corrected chi connectivity index (χ1v) is 7.92. The molecule has 2 aliphatic rings. The Balaban J connectivity index is 1.61. The summed E-state index contributed by atoms with van der Waals surface area (Å²) in [4.78, 5) is 29.5. The molecule has 0 spiro atoms. The summed E-state index contributed by atoms with van der Waals surface area (Å²) < 4.78 is 1.60. The molecule has 0 saturated carbocycles. The van der Waals surface area contributed by atoms with Gasteiger partial charge in [-0.05, 0) is 6.07 Å². The Morgan fingerprint density at radius 2 is 1.87 bits per heavy atom. The maximum atomic E-state index is 12.4. The number of rotatable bonds is 2. The number of β-amino-alcohol motifs (C(OH)–C–C–N with tert-alkyl or cyclic N) is 1. The summed E-state index contributed by atoms with van der Waals surface area (Å²) in [5.74, 6) is -0.0573. The number of amides is 2. The number of carbonyl (C=O) groups is 2. The van der Waals surface area contributed by atoms with Gasteiger partial charge in [0.15, 0.2) is 0 Å². The van der Waals surface area contributed by atoms with Gasteiger partial charge >= 0.3 is 0 Å². The Labute approximate surface area is 135 Å². The highest BCUT2D eigenvalue weighted by atomic mass is 16.3. The first-order chi connectivity index (χ1) is 11.0. The van der Waals surface area contributed by atoms with Crippen LogP contribution >= 0.6 is 0 Å². The molecule has 126 valence electrons. The van der Waals surface area contributed by atoms with Gasteiger partial charge in [-0.25, -0.2) is 0 Å². The highest BCUT2D eigenvalue weighted by Gasteiger charge is 2.39. The maximum Gasteiger partial charge on any atom is 0.274 e. The van der Waals surface area contributed by atoms with E-state index in [2.05, 4.69) is 10.00 Å². The van der Waals surface area contributed by atoms with Gasteiger partial charge in [-0.15, -0.1) is 0 Å². The average molecular weight is 321 g/mol. The van der Waals surface area contributed by atoms with Gasteiger partial charge in [-0.1, -0.05) is 0 Å². The van der Waals surface area contributed by atoms with Crippen molar-refractivity contribution in [2.45, 2.75) is 19.1 Å².